The van der Waals surface area contributed by atoms with E-state index >= 15 is 0 Å². The van der Waals surface area contributed by atoms with Gasteiger partial charge in [0, 0.05) is 16.1 Å². The maximum Gasteiger partial charge on any atom is 0.186 e. The molecule has 0 amide bonds. The summed E-state index contributed by atoms with van der Waals surface area (Å²) >= 11 is 12.0. The van der Waals surface area contributed by atoms with Gasteiger partial charge in [-0.15, -0.1) is 0 Å². The first-order valence-electron chi connectivity index (χ1n) is 6.10. The summed E-state index contributed by atoms with van der Waals surface area (Å²) in [5, 5.41) is 9.58. The van der Waals surface area contributed by atoms with Gasteiger partial charge in [0.15, 0.2) is 5.78 Å². The lowest BCUT2D eigenvalue weighted by atomic mass is 9.91. The number of rotatable bonds is 3. The zero-order chi connectivity index (χ0) is 15.6. The number of hydrogen-bond acceptors (Lipinski definition) is 2. The van der Waals surface area contributed by atoms with E-state index < -0.39 is 17.5 Å². The topological polar surface area (TPSA) is 40.9 Å². The molecule has 0 aliphatic heterocycles. The number of Topliss-reactive ketones (excluding diaryl/α,β-unsaturated/α-hetero) is 1. The third-order valence-corrected chi connectivity index (χ3v) is 3.97. The Labute approximate surface area is 131 Å². The molecule has 2 rings (SSSR count). The van der Waals surface area contributed by atoms with Crippen molar-refractivity contribution in [3.8, 4) is 6.07 Å². The lowest BCUT2D eigenvalue weighted by molar-refractivity contribution is 0.0977. The summed E-state index contributed by atoms with van der Waals surface area (Å²) in [6.45, 7) is 1.75. The van der Waals surface area contributed by atoms with Crippen LogP contribution in [0.1, 0.15) is 27.4 Å². The zero-order valence-corrected chi connectivity index (χ0v) is 12.5. The number of nitrogens with zero attached hydrogens (tertiary/aromatic N) is 1. The van der Waals surface area contributed by atoms with Crippen molar-refractivity contribution in [1.82, 2.24) is 0 Å². The van der Waals surface area contributed by atoms with Crippen LogP contribution in [0.25, 0.3) is 0 Å². The number of benzene rings is 2. The SMILES string of the molecule is Cc1cccc(C(=O)C(C#N)c2c(F)cccc2Cl)c1Cl. The summed E-state index contributed by atoms with van der Waals surface area (Å²) in [7, 11) is 0. The maximum atomic E-state index is 13.9. The van der Waals surface area contributed by atoms with Gasteiger partial charge in [0.05, 0.1) is 11.1 Å². The Kier molecular flexibility index (Phi) is 4.62. The number of carbonyl (C=O) groups excluding carboxylic acids is 1. The van der Waals surface area contributed by atoms with Crippen LogP contribution in [-0.4, -0.2) is 5.78 Å². The monoisotopic (exact) mass is 321 g/mol. The zero-order valence-electron chi connectivity index (χ0n) is 11.0. The average molecular weight is 322 g/mol. The minimum Gasteiger partial charge on any atom is -0.292 e. The highest BCUT2D eigenvalue weighted by molar-refractivity contribution is 6.35. The highest BCUT2D eigenvalue weighted by Crippen LogP contribution is 2.32. The molecule has 21 heavy (non-hydrogen) atoms. The van der Waals surface area contributed by atoms with E-state index in [2.05, 4.69) is 0 Å². The second-order valence-corrected chi connectivity index (χ2v) is 5.28. The highest BCUT2D eigenvalue weighted by atomic mass is 35.5. The molecule has 2 nitrogen and oxygen atoms in total. The lowest BCUT2D eigenvalue weighted by Gasteiger charge is -2.13. The molecule has 0 saturated carbocycles. The molecule has 0 bridgehead atoms. The molecule has 0 heterocycles. The smallest absolute Gasteiger partial charge is 0.186 e. The predicted octanol–water partition coefficient (Wildman–Crippen LogP) is 4.93. The van der Waals surface area contributed by atoms with Crippen molar-refractivity contribution in [3.63, 3.8) is 0 Å². The Morgan fingerprint density at radius 1 is 1.24 bits per heavy atom. The Bertz CT molecular complexity index is 732. The Hall–Kier alpha value is -1.89. The van der Waals surface area contributed by atoms with Crippen LogP contribution in [0.2, 0.25) is 10.0 Å². The summed E-state index contributed by atoms with van der Waals surface area (Å²) < 4.78 is 13.9. The molecule has 2 aromatic carbocycles. The second-order valence-electron chi connectivity index (χ2n) is 4.50. The van der Waals surface area contributed by atoms with Crippen LogP contribution in [0.3, 0.4) is 0 Å². The van der Waals surface area contributed by atoms with Gasteiger partial charge >= 0.3 is 0 Å². The fourth-order valence-corrected chi connectivity index (χ4v) is 2.53. The van der Waals surface area contributed by atoms with Crippen molar-refractivity contribution < 1.29 is 9.18 Å². The number of carbonyl (C=O) groups is 1. The van der Waals surface area contributed by atoms with Gasteiger partial charge in [0.2, 0.25) is 0 Å². The summed E-state index contributed by atoms with van der Waals surface area (Å²) in [6.07, 6.45) is 0. The van der Waals surface area contributed by atoms with E-state index in [-0.39, 0.29) is 21.2 Å². The van der Waals surface area contributed by atoms with Crippen LogP contribution in [0.5, 0.6) is 0 Å². The fourth-order valence-electron chi connectivity index (χ4n) is 2.03. The normalized spacial score (nSPS) is 11.8. The molecule has 5 heteroatoms. The summed E-state index contributed by atoms with van der Waals surface area (Å²) in [4.78, 5) is 12.5. The predicted molar refractivity (Wildman–Crippen MR) is 80.3 cm³/mol. The third kappa shape index (κ3) is 2.92. The molecule has 1 unspecified atom stereocenters. The minimum absolute atomic E-state index is 0.0404. The molecule has 2 aromatic rings. The molecule has 0 saturated heterocycles. The fraction of sp³-hybridized carbons (Fsp3) is 0.125. The van der Waals surface area contributed by atoms with Gasteiger partial charge in [0.25, 0.3) is 0 Å². The first-order chi connectivity index (χ1) is 9.97. The minimum atomic E-state index is -1.34. The Morgan fingerprint density at radius 2 is 1.90 bits per heavy atom. The van der Waals surface area contributed by atoms with Gasteiger partial charge in [0.1, 0.15) is 11.7 Å². The van der Waals surface area contributed by atoms with Crippen LogP contribution >= 0.6 is 23.2 Å². The van der Waals surface area contributed by atoms with Gasteiger partial charge in [-0.1, -0.05) is 41.4 Å². The first kappa shape index (κ1) is 15.5. The summed E-state index contributed by atoms with van der Waals surface area (Å²) in [6, 6.07) is 10.7. The molecule has 0 aromatic heterocycles. The standard InChI is InChI=1S/C16H10Cl2FNO/c1-9-4-2-5-10(15(9)18)16(21)11(8-20)14-12(17)6-3-7-13(14)19/h2-7,11H,1H3. The molecular weight excluding hydrogens is 312 g/mol. The van der Waals surface area contributed by atoms with E-state index in [4.69, 9.17) is 23.2 Å². The van der Waals surface area contributed by atoms with Gasteiger partial charge in [-0.2, -0.15) is 5.26 Å². The van der Waals surface area contributed by atoms with Crippen molar-refractivity contribution in [2.24, 2.45) is 0 Å². The van der Waals surface area contributed by atoms with Crippen molar-refractivity contribution in [3.05, 3.63) is 69.0 Å². The molecule has 1 atom stereocenters. The molecule has 0 radical (unpaired) electrons. The lowest BCUT2D eigenvalue weighted by Crippen LogP contribution is -2.14. The van der Waals surface area contributed by atoms with Crippen LogP contribution in [0, 0.1) is 24.1 Å². The first-order valence-corrected chi connectivity index (χ1v) is 6.85. The van der Waals surface area contributed by atoms with E-state index in [1.54, 1.807) is 19.1 Å². The average Bonchev–Trinajstić information content (AvgIpc) is 2.45. The third-order valence-electron chi connectivity index (χ3n) is 3.14. The van der Waals surface area contributed by atoms with Gasteiger partial charge in [-0.25, -0.2) is 4.39 Å². The molecule has 106 valence electrons. The summed E-state index contributed by atoms with van der Waals surface area (Å²) in [5.74, 6) is -2.60. The largest absolute Gasteiger partial charge is 0.292 e. The summed E-state index contributed by atoms with van der Waals surface area (Å²) in [5.41, 5.74) is 0.769. The number of halogens is 3. The molecule has 0 fully saturated rings. The van der Waals surface area contributed by atoms with Crippen LogP contribution in [-0.2, 0) is 0 Å². The van der Waals surface area contributed by atoms with Crippen molar-refractivity contribution in [2.75, 3.05) is 0 Å². The van der Waals surface area contributed by atoms with Gasteiger partial charge in [-0.3, -0.25) is 4.79 Å². The van der Waals surface area contributed by atoms with Crippen molar-refractivity contribution in [1.29, 1.82) is 5.26 Å². The molecule has 0 aliphatic rings. The van der Waals surface area contributed by atoms with E-state index in [1.807, 2.05) is 6.07 Å². The number of hydrogen-bond donors (Lipinski definition) is 0. The van der Waals surface area contributed by atoms with Crippen molar-refractivity contribution >= 4 is 29.0 Å². The van der Waals surface area contributed by atoms with E-state index in [9.17, 15) is 14.4 Å². The van der Waals surface area contributed by atoms with E-state index in [1.165, 1.54) is 18.2 Å². The molecule has 0 spiro atoms. The molecular formula is C16H10Cl2FNO. The Morgan fingerprint density at radius 3 is 2.52 bits per heavy atom. The van der Waals surface area contributed by atoms with Crippen LogP contribution in [0.4, 0.5) is 4.39 Å². The maximum absolute atomic E-state index is 13.9. The van der Waals surface area contributed by atoms with Crippen LogP contribution < -0.4 is 0 Å². The highest BCUT2D eigenvalue weighted by Gasteiger charge is 2.28. The van der Waals surface area contributed by atoms with E-state index in [0.29, 0.717) is 5.56 Å². The molecule has 0 N–H and O–H groups in total. The van der Waals surface area contributed by atoms with Gasteiger partial charge < -0.3 is 0 Å². The van der Waals surface area contributed by atoms with E-state index in [0.717, 1.165) is 6.07 Å². The Balaban J connectivity index is 2.55. The number of nitriles is 1. The van der Waals surface area contributed by atoms with Gasteiger partial charge in [-0.05, 0) is 30.7 Å². The van der Waals surface area contributed by atoms with Crippen molar-refractivity contribution in [2.45, 2.75) is 12.8 Å². The quantitative estimate of drug-likeness (QED) is 0.752. The number of aryl methyl sites for hydroxylation is 1. The second kappa shape index (κ2) is 6.26. The molecule has 0 aliphatic carbocycles. The number of ketones is 1. The van der Waals surface area contributed by atoms with Crippen LogP contribution in [0.15, 0.2) is 36.4 Å².